The van der Waals surface area contributed by atoms with Gasteiger partial charge in [0.1, 0.15) is 5.82 Å². The number of aromatic amines is 1. The van der Waals surface area contributed by atoms with E-state index in [9.17, 15) is 0 Å². The summed E-state index contributed by atoms with van der Waals surface area (Å²) in [4.78, 5) is 4.64. The lowest BCUT2D eigenvalue weighted by atomic mass is 9.96. The van der Waals surface area contributed by atoms with E-state index in [2.05, 4.69) is 44.8 Å². The highest BCUT2D eigenvalue weighted by molar-refractivity contribution is 5.30. The van der Waals surface area contributed by atoms with Crippen LogP contribution in [0.3, 0.4) is 0 Å². The quantitative estimate of drug-likeness (QED) is 0.845. The summed E-state index contributed by atoms with van der Waals surface area (Å²) in [5.74, 6) is 2.61. The number of hydrogen-bond donors (Lipinski definition) is 2. The minimum Gasteiger partial charge on any atom is -0.303 e. The van der Waals surface area contributed by atoms with Gasteiger partial charge in [-0.05, 0) is 30.4 Å². The Labute approximate surface area is 106 Å². The van der Waals surface area contributed by atoms with Crippen molar-refractivity contribution in [3.8, 4) is 0 Å². The summed E-state index contributed by atoms with van der Waals surface area (Å²) < 4.78 is 0. The van der Waals surface area contributed by atoms with E-state index in [4.69, 9.17) is 0 Å². The van der Waals surface area contributed by atoms with Gasteiger partial charge in [0.05, 0.1) is 6.04 Å². The van der Waals surface area contributed by atoms with Crippen LogP contribution in [0, 0.1) is 0 Å². The number of fused-ring (bicyclic) bond motifs is 1. The van der Waals surface area contributed by atoms with Crippen LogP contribution in [0.1, 0.15) is 47.6 Å². The van der Waals surface area contributed by atoms with Crippen molar-refractivity contribution in [2.24, 2.45) is 0 Å². The molecule has 1 aromatic heterocycles. The second-order valence-corrected chi connectivity index (χ2v) is 5.26. The molecule has 1 aliphatic heterocycles. The maximum Gasteiger partial charge on any atom is 0.153 e. The molecule has 1 unspecified atom stereocenters. The zero-order valence-electron chi connectivity index (χ0n) is 10.2. The Morgan fingerprint density at radius 3 is 2.78 bits per heavy atom. The van der Waals surface area contributed by atoms with E-state index in [1.165, 1.54) is 24.0 Å². The van der Waals surface area contributed by atoms with Gasteiger partial charge >= 0.3 is 0 Å². The molecule has 2 N–H and O–H groups in total. The summed E-state index contributed by atoms with van der Waals surface area (Å²) in [6.45, 7) is 0.917. The maximum atomic E-state index is 4.64. The van der Waals surface area contributed by atoms with Crippen molar-refractivity contribution in [1.82, 2.24) is 20.5 Å². The molecule has 18 heavy (non-hydrogen) atoms. The van der Waals surface area contributed by atoms with E-state index >= 15 is 0 Å². The van der Waals surface area contributed by atoms with Crippen molar-refractivity contribution in [2.75, 3.05) is 0 Å². The van der Waals surface area contributed by atoms with E-state index in [-0.39, 0.29) is 6.04 Å². The van der Waals surface area contributed by atoms with Gasteiger partial charge < -0.3 is 5.32 Å². The summed E-state index contributed by atoms with van der Waals surface area (Å²) in [7, 11) is 0. The van der Waals surface area contributed by atoms with Crippen molar-refractivity contribution in [2.45, 2.75) is 37.8 Å². The predicted molar refractivity (Wildman–Crippen MR) is 68.1 cm³/mol. The maximum absolute atomic E-state index is 4.64. The number of benzene rings is 1. The Kier molecular flexibility index (Phi) is 2.23. The second-order valence-electron chi connectivity index (χ2n) is 5.26. The average Bonchev–Trinajstić information content (AvgIpc) is 3.16. The molecule has 92 valence electrons. The minimum absolute atomic E-state index is 0.278. The van der Waals surface area contributed by atoms with Crippen molar-refractivity contribution in [3.05, 3.63) is 47.0 Å². The third-order valence-corrected chi connectivity index (χ3v) is 3.87. The van der Waals surface area contributed by atoms with Gasteiger partial charge in [0.2, 0.25) is 0 Å². The molecule has 4 heteroatoms. The first-order valence-corrected chi connectivity index (χ1v) is 6.62. The molecular formula is C14H16N4. The number of nitrogens with one attached hydrogen (secondary N) is 2. The van der Waals surface area contributed by atoms with Crippen LogP contribution in [-0.4, -0.2) is 15.2 Å². The van der Waals surface area contributed by atoms with Crippen LogP contribution >= 0.6 is 0 Å². The van der Waals surface area contributed by atoms with E-state index in [0.717, 1.165) is 24.6 Å². The number of H-pyrrole nitrogens is 1. The molecule has 4 nitrogen and oxygen atoms in total. The van der Waals surface area contributed by atoms with Gasteiger partial charge in [0.15, 0.2) is 5.82 Å². The molecule has 1 atom stereocenters. The van der Waals surface area contributed by atoms with Gasteiger partial charge in [0, 0.05) is 12.5 Å². The standard InChI is InChI=1S/C14H16N4/c1-2-4-11-8-15-12(7-10(11)3-1)14-16-13(17-18-14)9-5-6-9/h1-4,9,12,15H,5-8H2,(H,16,17,18). The molecule has 0 bridgehead atoms. The number of nitrogens with zero attached hydrogens (tertiary/aromatic N) is 2. The number of aromatic nitrogens is 3. The fourth-order valence-electron chi connectivity index (χ4n) is 2.62. The summed E-state index contributed by atoms with van der Waals surface area (Å²) in [5, 5.41) is 11.0. The predicted octanol–water partition coefficient (Wildman–Crippen LogP) is 2.07. The van der Waals surface area contributed by atoms with Crippen LogP contribution in [-0.2, 0) is 13.0 Å². The molecule has 1 aliphatic carbocycles. The molecule has 0 radical (unpaired) electrons. The molecule has 2 aliphatic rings. The summed E-state index contributed by atoms with van der Waals surface area (Å²) >= 11 is 0. The van der Waals surface area contributed by atoms with Crippen molar-refractivity contribution < 1.29 is 0 Å². The largest absolute Gasteiger partial charge is 0.303 e. The van der Waals surface area contributed by atoms with E-state index in [0.29, 0.717) is 5.92 Å². The Hall–Kier alpha value is -1.68. The van der Waals surface area contributed by atoms with E-state index in [1.54, 1.807) is 0 Å². The summed E-state index contributed by atoms with van der Waals surface area (Å²) in [5.41, 5.74) is 2.82. The molecule has 1 saturated carbocycles. The molecule has 1 fully saturated rings. The summed E-state index contributed by atoms with van der Waals surface area (Å²) in [6, 6.07) is 8.88. The lowest BCUT2D eigenvalue weighted by molar-refractivity contribution is 0.477. The molecule has 0 amide bonds. The lowest BCUT2D eigenvalue weighted by Crippen LogP contribution is -2.29. The third kappa shape index (κ3) is 1.73. The smallest absolute Gasteiger partial charge is 0.153 e. The average molecular weight is 240 g/mol. The zero-order chi connectivity index (χ0) is 11.9. The number of hydrogen-bond acceptors (Lipinski definition) is 3. The summed E-state index contributed by atoms with van der Waals surface area (Å²) in [6.07, 6.45) is 3.49. The van der Waals surface area contributed by atoms with Gasteiger partial charge in [-0.2, -0.15) is 5.10 Å². The van der Waals surface area contributed by atoms with Crippen molar-refractivity contribution in [3.63, 3.8) is 0 Å². The van der Waals surface area contributed by atoms with Gasteiger partial charge in [-0.3, -0.25) is 5.10 Å². The zero-order valence-corrected chi connectivity index (χ0v) is 10.2. The van der Waals surface area contributed by atoms with Crippen molar-refractivity contribution in [1.29, 1.82) is 0 Å². The molecule has 0 spiro atoms. The van der Waals surface area contributed by atoms with Crippen LogP contribution in [0.2, 0.25) is 0 Å². The first-order valence-electron chi connectivity index (χ1n) is 6.62. The van der Waals surface area contributed by atoms with Gasteiger partial charge in [-0.25, -0.2) is 4.98 Å². The second kappa shape index (κ2) is 3.92. The Morgan fingerprint density at radius 2 is 1.94 bits per heavy atom. The Morgan fingerprint density at radius 1 is 1.11 bits per heavy atom. The van der Waals surface area contributed by atoms with Crippen LogP contribution in [0.5, 0.6) is 0 Å². The van der Waals surface area contributed by atoms with Crippen molar-refractivity contribution >= 4 is 0 Å². The monoisotopic (exact) mass is 240 g/mol. The highest BCUT2D eigenvalue weighted by atomic mass is 15.2. The van der Waals surface area contributed by atoms with Crippen LogP contribution in [0.15, 0.2) is 24.3 Å². The van der Waals surface area contributed by atoms with Crippen LogP contribution in [0.25, 0.3) is 0 Å². The first-order chi connectivity index (χ1) is 8.90. The van der Waals surface area contributed by atoms with Crippen LogP contribution < -0.4 is 5.32 Å². The third-order valence-electron chi connectivity index (χ3n) is 3.87. The Bertz CT molecular complexity index is 571. The SMILES string of the molecule is c1ccc2c(c1)CNC(c1nc(C3CC3)n[nH]1)C2. The van der Waals surface area contributed by atoms with Gasteiger partial charge in [0.25, 0.3) is 0 Å². The van der Waals surface area contributed by atoms with E-state index < -0.39 is 0 Å². The Balaban J connectivity index is 1.59. The lowest BCUT2D eigenvalue weighted by Gasteiger charge is -2.24. The first kappa shape index (κ1) is 10.3. The fraction of sp³-hybridized carbons (Fsp3) is 0.429. The van der Waals surface area contributed by atoms with Crippen LogP contribution in [0.4, 0.5) is 0 Å². The van der Waals surface area contributed by atoms with Gasteiger partial charge in [-0.15, -0.1) is 0 Å². The fourth-order valence-corrected chi connectivity index (χ4v) is 2.62. The highest BCUT2D eigenvalue weighted by Crippen LogP contribution is 2.38. The molecule has 2 aromatic rings. The van der Waals surface area contributed by atoms with E-state index in [1.807, 2.05) is 0 Å². The normalized spacial score (nSPS) is 22.8. The number of rotatable bonds is 2. The highest BCUT2D eigenvalue weighted by Gasteiger charge is 2.29. The molecule has 0 saturated heterocycles. The molecule has 2 heterocycles. The van der Waals surface area contributed by atoms with Gasteiger partial charge in [-0.1, -0.05) is 24.3 Å². The minimum atomic E-state index is 0.278. The molecule has 1 aromatic carbocycles. The molecule has 4 rings (SSSR count). The topological polar surface area (TPSA) is 53.6 Å². The molecular weight excluding hydrogens is 224 g/mol.